The first-order chi connectivity index (χ1) is 14.6. The highest BCUT2D eigenvalue weighted by molar-refractivity contribution is 5.67. The molecule has 0 bridgehead atoms. The monoisotopic (exact) mass is 402 g/mol. The van der Waals surface area contributed by atoms with Gasteiger partial charge in [0.15, 0.2) is 0 Å². The van der Waals surface area contributed by atoms with Crippen LogP contribution in [0.25, 0.3) is 22.8 Å². The van der Waals surface area contributed by atoms with Crippen molar-refractivity contribution in [3.8, 4) is 34.7 Å². The van der Waals surface area contributed by atoms with E-state index in [1.165, 1.54) is 11.1 Å². The minimum atomic E-state index is -0.00576. The number of hydrogen-bond acceptors (Lipinski definition) is 6. The molecule has 1 heterocycles. The summed E-state index contributed by atoms with van der Waals surface area (Å²) in [4.78, 5) is 4.63. The largest absolute Gasteiger partial charge is 0.490 e. The molecule has 1 atom stereocenters. The Morgan fingerprint density at radius 3 is 2.93 bits per heavy atom. The Kier molecular flexibility index (Phi) is 5.82. The topological polar surface area (TPSA) is 84.0 Å². The number of nitrogens with zero attached hydrogens (tertiary/aromatic N) is 3. The molecule has 1 aliphatic rings. The molecule has 30 heavy (non-hydrogen) atoms. The van der Waals surface area contributed by atoms with Gasteiger partial charge in [-0.15, -0.1) is 0 Å². The maximum atomic E-state index is 9.48. The first kappa shape index (κ1) is 20.1. The van der Waals surface area contributed by atoms with Crippen LogP contribution >= 0.6 is 0 Å². The van der Waals surface area contributed by atoms with Crippen LogP contribution in [0.1, 0.15) is 56.3 Å². The van der Waals surface area contributed by atoms with Crippen LogP contribution in [0.4, 0.5) is 0 Å². The number of nitrogens with one attached hydrogen (secondary N) is 1. The fourth-order valence-electron chi connectivity index (χ4n) is 3.95. The molecule has 1 N–H and O–H groups in total. The van der Waals surface area contributed by atoms with E-state index in [1.54, 1.807) is 12.1 Å². The van der Waals surface area contributed by atoms with Crippen LogP contribution in [0.15, 0.2) is 40.9 Å². The molecule has 0 saturated heterocycles. The molecule has 0 aliphatic heterocycles. The smallest absolute Gasteiger partial charge is 0.258 e. The van der Waals surface area contributed by atoms with Gasteiger partial charge in [0.2, 0.25) is 5.82 Å². The average Bonchev–Trinajstić information content (AvgIpc) is 3.39. The molecule has 0 unspecified atom stereocenters. The predicted molar refractivity (Wildman–Crippen MR) is 115 cm³/mol. The fourth-order valence-corrected chi connectivity index (χ4v) is 3.95. The van der Waals surface area contributed by atoms with E-state index in [1.807, 2.05) is 19.9 Å². The van der Waals surface area contributed by atoms with E-state index in [0.29, 0.717) is 34.6 Å². The Hall–Kier alpha value is -3.17. The second-order valence-electron chi connectivity index (χ2n) is 7.83. The number of nitriles is 1. The first-order valence-electron chi connectivity index (χ1n) is 10.5. The predicted octanol–water partition coefficient (Wildman–Crippen LogP) is 5.05. The van der Waals surface area contributed by atoms with Gasteiger partial charge in [0.25, 0.3) is 5.89 Å². The summed E-state index contributed by atoms with van der Waals surface area (Å²) in [6.45, 7) is 7.05. The zero-order valence-corrected chi connectivity index (χ0v) is 17.6. The third-order valence-electron chi connectivity index (χ3n) is 5.29. The molecule has 0 saturated carbocycles. The van der Waals surface area contributed by atoms with E-state index in [-0.39, 0.29) is 6.10 Å². The SMILES string of the molecule is CCCN[C@H]1CCc2c(-c3noc(-c4ccc(OC(C)C)c(C#N)c4)n3)cccc21. The number of fused-ring (bicyclic) bond motifs is 1. The molecule has 4 rings (SSSR count). The van der Waals surface area contributed by atoms with Gasteiger partial charge in [0.05, 0.1) is 11.7 Å². The van der Waals surface area contributed by atoms with E-state index in [0.717, 1.165) is 31.4 Å². The highest BCUT2D eigenvalue weighted by atomic mass is 16.5. The van der Waals surface area contributed by atoms with Crippen molar-refractivity contribution >= 4 is 0 Å². The lowest BCUT2D eigenvalue weighted by atomic mass is 10.0. The quantitative estimate of drug-likeness (QED) is 0.595. The summed E-state index contributed by atoms with van der Waals surface area (Å²) in [5.74, 6) is 1.54. The fraction of sp³-hybridized carbons (Fsp3) is 0.375. The standard InChI is InChI=1S/C24H26N4O2/c1-4-12-26-21-10-9-18-19(21)6-5-7-20(18)23-27-24(30-28-23)16-8-11-22(29-15(2)3)17(13-16)14-25/h5-8,11,13,15,21,26H,4,9-10,12H2,1-3H3/t21-/m0/s1. The van der Waals surface area contributed by atoms with E-state index in [4.69, 9.17) is 9.26 Å². The van der Waals surface area contributed by atoms with E-state index in [9.17, 15) is 5.26 Å². The maximum Gasteiger partial charge on any atom is 0.258 e. The summed E-state index contributed by atoms with van der Waals surface area (Å²) in [6.07, 6.45) is 3.19. The van der Waals surface area contributed by atoms with Gasteiger partial charge < -0.3 is 14.6 Å². The Bertz CT molecular complexity index is 1080. The number of aromatic nitrogens is 2. The molecule has 1 aliphatic carbocycles. The molecule has 6 nitrogen and oxygen atoms in total. The van der Waals surface area contributed by atoms with Crippen LogP contribution < -0.4 is 10.1 Å². The second kappa shape index (κ2) is 8.68. The van der Waals surface area contributed by atoms with Crippen LogP contribution in [-0.2, 0) is 6.42 Å². The van der Waals surface area contributed by atoms with Crippen molar-refractivity contribution < 1.29 is 9.26 Å². The Labute approximate surface area is 176 Å². The Balaban J connectivity index is 1.63. The molecule has 0 spiro atoms. The number of benzene rings is 2. The molecule has 0 radical (unpaired) electrons. The molecular formula is C24H26N4O2. The minimum Gasteiger partial charge on any atom is -0.490 e. The van der Waals surface area contributed by atoms with Crippen molar-refractivity contribution in [3.05, 3.63) is 53.1 Å². The summed E-state index contributed by atoms with van der Waals surface area (Å²) in [7, 11) is 0. The summed E-state index contributed by atoms with van der Waals surface area (Å²) in [5, 5.41) is 17.3. The number of hydrogen-bond donors (Lipinski definition) is 1. The number of ether oxygens (including phenoxy) is 1. The molecule has 3 aromatic rings. The third kappa shape index (κ3) is 3.94. The van der Waals surface area contributed by atoms with Gasteiger partial charge in [0, 0.05) is 17.2 Å². The molecule has 1 aromatic heterocycles. The van der Waals surface area contributed by atoms with Gasteiger partial charge in [-0.05, 0) is 69.0 Å². The maximum absolute atomic E-state index is 9.48. The lowest BCUT2D eigenvalue weighted by Gasteiger charge is -2.13. The van der Waals surface area contributed by atoms with Crippen molar-refractivity contribution in [3.63, 3.8) is 0 Å². The van der Waals surface area contributed by atoms with Crippen molar-refractivity contribution in [1.29, 1.82) is 5.26 Å². The van der Waals surface area contributed by atoms with E-state index >= 15 is 0 Å². The lowest BCUT2D eigenvalue weighted by Crippen LogP contribution is -2.19. The highest BCUT2D eigenvalue weighted by Crippen LogP contribution is 2.37. The van der Waals surface area contributed by atoms with Crippen LogP contribution in [0.5, 0.6) is 5.75 Å². The zero-order chi connectivity index (χ0) is 21.1. The molecular weight excluding hydrogens is 376 g/mol. The van der Waals surface area contributed by atoms with E-state index < -0.39 is 0 Å². The van der Waals surface area contributed by atoms with Gasteiger partial charge in [0.1, 0.15) is 11.8 Å². The van der Waals surface area contributed by atoms with Gasteiger partial charge in [-0.2, -0.15) is 10.2 Å². The molecule has 154 valence electrons. The second-order valence-corrected chi connectivity index (χ2v) is 7.83. The normalized spacial score (nSPS) is 15.2. The summed E-state index contributed by atoms with van der Waals surface area (Å²) >= 11 is 0. The molecule has 2 aromatic carbocycles. The van der Waals surface area contributed by atoms with Crippen LogP contribution in [0.3, 0.4) is 0 Å². The van der Waals surface area contributed by atoms with Crippen molar-refractivity contribution in [2.24, 2.45) is 0 Å². The van der Waals surface area contributed by atoms with Gasteiger partial charge in [-0.1, -0.05) is 30.3 Å². The highest BCUT2D eigenvalue weighted by Gasteiger charge is 2.26. The Morgan fingerprint density at radius 2 is 2.17 bits per heavy atom. The number of rotatable bonds is 7. The first-order valence-corrected chi connectivity index (χ1v) is 10.5. The minimum absolute atomic E-state index is 0.00576. The summed E-state index contributed by atoms with van der Waals surface area (Å²) < 4.78 is 11.2. The van der Waals surface area contributed by atoms with Crippen LogP contribution in [0.2, 0.25) is 0 Å². The zero-order valence-electron chi connectivity index (χ0n) is 17.6. The van der Waals surface area contributed by atoms with E-state index in [2.05, 4.69) is 46.6 Å². The van der Waals surface area contributed by atoms with Crippen molar-refractivity contribution in [1.82, 2.24) is 15.5 Å². The summed E-state index contributed by atoms with van der Waals surface area (Å²) in [6, 6.07) is 14.2. The van der Waals surface area contributed by atoms with Crippen LogP contribution in [-0.4, -0.2) is 22.8 Å². The molecule has 6 heteroatoms. The Morgan fingerprint density at radius 1 is 1.30 bits per heavy atom. The average molecular weight is 402 g/mol. The molecule has 0 fully saturated rings. The third-order valence-corrected chi connectivity index (χ3v) is 5.29. The van der Waals surface area contributed by atoms with Crippen molar-refractivity contribution in [2.45, 2.75) is 52.2 Å². The lowest BCUT2D eigenvalue weighted by molar-refractivity contribution is 0.242. The van der Waals surface area contributed by atoms with Crippen molar-refractivity contribution in [2.75, 3.05) is 6.54 Å². The summed E-state index contributed by atoms with van der Waals surface area (Å²) in [5.41, 5.74) is 4.79. The molecule has 0 amide bonds. The van der Waals surface area contributed by atoms with Crippen LogP contribution in [0, 0.1) is 11.3 Å². The van der Waals surface area contributed by atoms with Gasteiger partial charge in [-0.25, -0.2) is 0 Å². The van der Waals surface area contributed by atoms with Gasteiger partial charge in [-0.3, -0.25) is 0 Å². The van der Waals surface area contributed by atoms with Gasteiger partial charge >= 0.3 is 0 Å².